The summed E-state index contributed by atoms with van der Waals surface area (Å²) < 4.78 is 0. The number of fused-ring (bicyclic) bond motifs is 1. The summed E-state index contributed by atoms with van der Waals surface area (Å²) in [5, 5.41) is 15.1. The van der Waals surface area contributed by atoms with Crippen LogP contribution in [0.5, 0.6) is 0 Å². The van der Waals surface area contributed by atoms with E-state index in [1.807, 2.05) is 18.2 Å². The van der Waals surface area contributed by atoms with Crippen LogP contribution >= 0.6 is 23.2 Å². The van der Waals surface area contributed by atoms with E-state index in [0.717, 1.165) is 22.2 Å². The number of nitrogens with zero attached hydrogens (tertiary/aromatic N) is 2. The molecule has 33 heavy (non-hydrogen) atoms. The molecule has 0 saturated carbocycles. The summed E-state index contributed by atoms with van der Waals surface area (Å²) in [5.74, 6) is -0.0778. The summed E-state index contributed by atoms with van der Waals surface area (Å²) in [6, 6.07) is 17.8. The topological polar surface area (TPSA) is 100 Å². The Kier molecular flexibility index (Phi) is 6.80. The Bertz CT molecular complexity index is 1360. The van der Waals surface area contributed by atoms with E-state index in [1.165, 1.54) is 0 Å². The van der Waals surface area contributed by atoms with Crippen molar-refractivity contribution in [2.24, 2.45) is 5.73 Å². The highest BCUT2D eigenvalue weighted by Crippen LogP contribution is 2.31. The number of hydrogen-bond acceptors (Lipinski definition) is 4. The molecule has 5 N–H and O–H groups in total. The number of amides is 1. The molecule has 0 fully saturated rings. The number of aromatic amines is 1. The first-order chi connectivity index (χ1) is 16.0. The molecule has 1 heterocycles. The number of carbonyl (C=O) groups excluding carboxylic acids is 1. The smallest absolute Gasteiger partial charge is 0.231 e. The number of H-pyrrole nitrogens is 1. The number of halogens is 2. The third-order valence-electron chi connectivity index (χ3n) is 5.19. The van der Waals surface area contributed by atoms with Crippen LogP contribution in [0.4, 0.5) is 22.9 Å². The van der Waals surface area contributed by atoms with Crippen molar-refractivity contribution in [3.05, 3.63) is 87.7 Å². The van der Waals surface area contributed by atoms with Gasteiger partial charge in [-0.1, -0.05) is 41.4 Å². The maximum atomic E-state index is 13.1. The van der Waals surface area contributed by atoms with Gasteiger partial charge in [-0.3, -0.25) is 9.89 Å². The Morgan fingerprint density at radius 1 is 1.09 bits per heavy atom. The molecule has 4 aromatic rings. The Balaban J connectivity index is 1.58. The molecular formula is C24H20Cl2N6O. The van der Waals surface area contributed by atoms with Gasteiger partial charge in [0, 0.05) is 16.8 Å². The van der Waals surface area contributed by atoms with E-state index in [4.69, 9.17) is 35.5 Å². The molecule has 1 atom stereocenters. The first kappa shape index (κ1) is 22.6. The molecule has 3 aromatic carbocycles. The van der Waals surface area contributed by atoms with Crippen LogP contribution in [0, 0.1) is 6.57 Å². The van der Waals surface area contributed by atoms with E-state index in [2.05, 4.69) is 25.7 Å². The number of benzene rings is 3. The van der Waals surface area contributed by atoms with Crippen molar-refractivity contribution in [3.63, 3.8) is 0 Å². The van der Waals surface area contributed by atoms with Gasteiger partial charge in [-0.05, 0) is 61.0 Å². The molecule has 1 amide bonds. The molecule has 0 spiro atoms. The van der Waals surface area contributed by atoms with Crippen molar-refractivity contribution in [1.82, 2.24) is 10.2 Å². The Morgan fingerprint density at radius 3 is 2.70 bits per heavy atom. The van der Waals surface area contributed by atoms with Gasteiger partial charge in [0.15, 0.2) is 11.5 Å². The first-order valence-electron chi connectivity index (χ1n) is 10.2. The SMILES string of the molecule is [C-]#[N+]c1cccc(Nc2n[nH]c3ccc(NC(=O)C(CCN)c4ccc(Cl)c(Cl)c4)cc23)c1. The molecule has 7 nitrogen and oxygen atoms in total. The average Bonchev–Trinajstić information content (AvgIpc) is 3.21. The van der Waals surface area contributed by atoms with Crippen LogP contribution in [0.15, 0.2) is 60.7 Å². The molecule has 0 radical (unpaired) electrons. The van der Waals surface area contributed by atoms with Crippen molar-refractivity contribution in [1.29, 1.82) is 0 Å². The summed E-state index contributed by atoms with van der Waals surface area (Å²) in [6.45, 7) is 7.52. The molecule has 0 aliphatic rings. The minimum atomic E-state index is -0.473. The maximum absolute atomic E-state index is 13.1. The molecule has 0 bridgehead atoms. The normalized spacial score (nSPS) is 11.7. The summed E-state index contributed by atoms with van der Waals surface area (Å²) >= 11 is 12.2. The van der Waals surface area contributed by atoms with E-state index < -0.39 is 5.92 Å². The van der Waals surface area contributed by atoms with Crippen molar-refractivity contribution in [2.45, 2.75) is 12.3 Å². The number of carbonyl (C=O) groups is 1. The van der Waals surface area contributed by atoms with Gasteiger partial charge < -0.3 is 16.4 Å². The van der Waals surface area contributed by atoms with E-state index in [0.29, 0.717) is 40.2 Å². The van der Waals surface area contributed by atoms with Gasteiger partial charge in [-0.15, -0.1) is 0 Å². The molecule has 1 aromatic heterocycles. The van der Waals surface area contributed by atoms with Gasteiger partial charge in [0.2, 0.25) is 5.91 Å². The average molecular weight is 479 g/mol. The Morgan fingerprint density at radius 2 is 1.94 bits per heavy atom. The summed E-state index contributed by atoms with van der Waals surface area (Å²) in [5.41, 5.74) is 9.21. The monoisotopic (exact) mass is 478 g/mol. The lowest BCUT2D eigenvalue weighted by Gasteiger charge is -2.17. The van der Waals surface area contributed by atoms with Gasteiger partial charge >= 0.3 is 0 Å². The molecule has 4 rings (SSSR count). The van der Waals surface area contributed by atoms with Crippen LogP contribution in [-0.4, -0.2) is 22.6 Å². The minimum Gasteiger partial charge on any atom is -0.339 e. The second-order valence-corrected chi connectivity index (χ2v) is 8.23. The summed E-state index contributed by atoms with van der Waals surface area (Å²) in [6.07, 6.45) is 0.460. The lowest BCUT2D eigenvalue weighted by Crippen LogP contribution is -2.23. The lowest BCUT2D eigenvalue weighted by atomic mass is 9.94. The highest BCUT2D eigenvalue weighted by Gasteiger charge is 2.21. The zero-order chi connectivity index (χ0) is 23.4. The van der Waals surface area contributed by atoms with Crippen LogP contribution in [0.25, 0.3) is 15.7 Å². The van der Waals surface area contributed by atoms with Crippen molar-refractivity contribution >= 4 is 62.9 Å². The lowest BCUT2D eigenvalue weighted by molar-refractivity contribution is -0.117. The molecule has 1 unspecified atom stereocenters. The number of rotatable bonds is 7. The summed E-state index contributed by atoms with van der Waals surface area (Å²) in [4.78, 5) is 16.6. The molecular weight excluding hydrogens is 459 g/mol. The predicted octanol–water partition coefficient (Wildman–Crippen LogP) is 6.24. The number of anilines is 3. The molecule has 9 heteroatoms. The van der Waals surface area contributed by atoms with Crippen molar-refractivity contribution in [3.8, 4) is 0 Å². The van der Waals surface area contributed by atoms with Crippen LogP contribution in [-0.2, 0) is 4.79 Å². The molecule has 166 valence electrons. The van der Waals surface area contributed by atoms with Crippen LogP contribution in [0.1, 0.15) is 17.9 Å². The van der Waals surface area contributed by atoms with Gasteiger partial charge in [0.1, 0.15) is 0 Å². The maximum Gasteiger partial charge on any atom is 0.231 e. The highest BCUT2D eigenvalue weighted by atomic mass is 35.5. The highest BCUT2D eigenvalue weighted by molar-refractivity contribution is 6.42. The van der Waals surface area contributed by atoms with E-state index in [9.17, 15) is 4.79 Å². The number of nitrogens with two attached hydrogens (primary N) is 1. The van der Waals surface area contributed by atoms with Gasteiger partial charge in [-0.2, -0.15) is 5.10 Å². The first-order valence-corrected chi connectivity index (χ1v) is 10.9. The third-order valence-corrected chi connectivity index (χ3v) is 5.93. The van der Waals surface area contributed by atoms with Gasteiger partial charge in [0.25, 0.3) is 0 Å². The number of aromatic nitrogens is 2. The van der Waals surface area contributed by atoms with Crippen LogP contribution in [0.3, 0.4) is 0 Å². The fourth-order valence-electron chi connectivity index (χ4n) is 3.55. The quantitative estimate of drug-likeness (QED) is 0.236. The van der Waals surface area contributed by atoms with E-state index in [-0.39, 0.29) is 5.91 Å². The Labute approximate surface area is 200 Å². The zero-order valence-electron chi connectivity index (χ0n) is 17.4. The molecule has 0 aliphatic heterocycles. The minimum absolute atomic E-state index is 0.194. The number of nitrogens with one attached hydrogen (secondary N) is 3. The molecule has 0 saturated heterocycles. The fraction of sp³-hybridized carbons (Fsp3) is 0.125. The third kappa shape index (κ3) is 5.10. The van der Waals surface area contributed by atoms with E-state index >= 15 is 0 Å². The van der Waals surface area contributed by atoms with Gasteiger partial charge in [-0.25, -0.2) is 4.85 Å². The fourth-order valence-corrected chi connectivity index (χ4v) is 3.86. The Hall–Kier alpha value is -3.57. The van der Waals surface area contributed by atoms with Crippen molar-refractivity contribution in [2.75, 3.05) is 17.2 Å². The zero-order valence-corrected chi connectivity index (χ0v) is 18.9. The largest absolute Gasteiger partial charge is 0.339 e. The molecule has 0 aliphatic carbocycles. The second kappa shape index (κ2) is 9.92. The van der Waals surface area contributed by atoms with Crippen LogP contribution in [0.2, 0.25) is 10.0 Å². The van der Waals surface area contributed by atoms with E-state index in [1.54, 1.807) is 42.5 Å². The van der Waals surface area contributed by atoms with Crippen LogP contribution < -0.4 is 16.4 Å². The van der Waals surface area contributed by atoms with Crippen molar-refractivity contribution < 1.29 is 4.79 Å². The standard InChI is InChI=1S/C24H20Cl2N6O/c1-28-15-3-2-4-16(12-15)29-23-19-13-17(6-8-22(19)31-32-23)30-24(33)18(9-10-27)14-5-7-20(25)21(26)11-14/h2-8,11-13,18H,9-10,27H2,(H,30,33)(H2,29,31,32). The predicted molar refractivity (Wildman–Crippen MR) is 134 cm³/mol. The second-order valence-electron chi connectivity index (χ2n) is 7.41. The van der Waals surface area contributed by atoms with Gasteiger partial charge in [0.05, 0.1) is 28.1 Å². The number of hydrogen-bond donors (Lipinski definition) is 4. The summed E-state index contributed by atoms with van der Waals surface area (Å²) in [7, 11) is 0.